The molecular weight excluding hydrogens is 454 g/mol. The third-order valence-electron chi connectivity index (χ3n) is 6.77. The summed E-state index contributed by atoms with van der Waals surface area (Å²) >= 11 is 0. The Morgan fingerprint density at radius 3 is 2.92 bits per heavy atom. The molecule has 0 saturated carbocycles. The molecular formula is C26H25N9O. The number of nitrogens with one attached hydrogen (secondary N) is 3. The summed E-state index contributed by atoms with van der Waals surface area (Å²) in [5.41, 5.74) is 11.9. The first kappa shape index (κ1) is 21.9. The molecule has 0 saturated heterocycles. The van der Waals surface area contributed by atoms with Crippen molar-refractivity contribution in [3.8, 4) is 23.6 Å². The van der Waals surface area contributed by atoms with Crippen molar-refractivity contribution < 1.29 is 4.79 Å². The van der Waals surface area contributed by atoms with Gasteiger partial charge in [0.25, 0.3) is 0 Å². The Hall–Kier alpha value is -4.65. The highest BCUT2D eigenvalue weighted by atomic mass is 16.2. The van der Waals surface area contributed by atoms with Gasteiger partial charge >= 0.3 is 0 Å². The SMILES string of the molecule is C#C[C@H]1CCNc2c1ncc(-c1cc3cc(Nc4cc5n(n4)CC(=O)NCC5)ncc3c(N)n1)c2C. The molecule has 4 aromatic heterocycles. The van der Waals surface area contributed by atoms with Crippen molar-refractivity contribution in [1.29, 1.82) is 0 Å². The van der Waals surface area contributed by atoms with Gasteiger partial charge in [-0.15, -0.1) is 6.42 Å². The lowest BCUT2D eigenvalue weighted by atomic mass is 9.92. The summed E-state index contributed by atoms with van der Waals surface area (Å²) < 4.78 is 1.72. The molecule has 0 bridgehead atoms. The first-order valence-corrected chi connectivity index (χ1v) is 11.9. The Balaban J connectivity index is 1.35. The Kier molecular flexibility index (Phi) is 5.18. The van der Waals surface area contributed by atoms with Gasteiger partial charge in [-0.2, -0.15) is 5.10 Å². The fourth-order valence-electron chi connectivity index (χ4n) is 4.90. The number of carbonyl (C=O) groups excluding carboxylic acids is 1. The quantitative estimate of drug-likeness (QED) is 0.329. The first-order valence-electron chi connectivity index (χ1n) is 11.9. The molecule has 180 valence electrons. The van der Waals surface area contributed by atoms with Crippen LogP contribution in [0.4, 0.5) is 23.1 Å². The average Bonchev–Trinajstić information content (AvgIpc) is 3.14. The van der Waals surface area contributed by atoms with Crippen molar-refractivity contribution in [1.82, 2.24) is 30.0 Å². The summed E-state index contributed by atoms with van der Waals surface area (Å²) in [6, 6.07) is 5.85. The van der Waals surface area contributed by atoms with E-state index in [-0.39, 0.29) is 18.4 Å². The van der Waals surface area contributed by atoms with E-state index >= 15 is 0 Å². The van der Waals surface area contributed by atoms with Crippen molar-refractivity contribution in [2.45, 2.75) is 32.2 Å². The number of hydrogen-bond donors (Lipinski definition) is 4. The van der Waals surface area contributed by atoms with Crippen LogP contribution in [-0.4, -0.2) is 43.7 Å². The van der Waals surface area contributed by atoms with Crippen LogP contribution in [0.15, 0.2) is 30.6 Å². The van der Waals surface area contributed by atoms with Gasteiger partial charge in [-0.05, 0) is 36.4 Å². The van der Waals surface area contributed by atoms with Crippen molar-refractivity contribution in [3.05, 3.63) is 47.5 Å². The number of rotatable bonds is 3. The Bertz CT molecular complexity index is 1570. The molecule has 0 aromatic carbocycles. The number of nitrogens with two attached hydrogens (primary N) is 1. The highest BCUT2D eigenvalue weighted by Gasteiger charge is 2.23. The molecule has 4 aromatic rings. The number of fused-ring (bicyclic) bond motifs is 3. The number of pyridine rings is 3. The van der Waals surface area contributed by atoms with Crippen molar-refractivity contribution in [2.24, 2.45) is 0 Å². The number of aromatic nitrogens is 5. The fourth-order valence-corrected chi connectivity index (χ4v) is 4.90. The predicted octanol–water partition coefficient (Wildman–Crippen LogP) is 2.73. The number of amides is 1. The normalized spacial score (nSPS) is 16.8. The third kappa shape index (κ3) is 3.75. The molecule has 0 radical (unpaired) electrons. The summed E-state index contributed by atoms with van der Waals surface area (Å²) in [6.07, 6.45) is 10.9. The minimum atomic E-state index is -0.0419. The minimum Gasteiger partial charge on any atom is -0.383 e. The van der Waals surface area contributed by atoms with Crippen molar-refractivity contribution in [2.75, 3.05) is 29.5 Å². The van der Waals surface area contributed by atoms with Gasteiger partial charge in [0.1, 0.15) is 18.2 Å². The molecule has 0 aliphatic carbocycles. The second kappa shape index (κ2) is 8.53. The largest absolute Gasteiger partial charge is 0.383 e. The molecule has 10 nitrogen and oxygen atoms in total. The van der Waals surface area contributed by atoms with Gasteiger partial charge in [0.15, 0.2) is 5.82 Å². The van der Waals surface area contributed by atoms with Crippen LogP contribution in [0.25, 0.3) is 22.0 Å². The lowest BCUT2D eigenvalue weighted by molar-refractivity contribution is -0.121. The van der Waals surface area contributed by atoms with E-state index < -0.39 is 0 Å². The molecule has 0 spiro atoms. The summed E-state index contributed by atoms with van der Waals surface area (Å²) in [6.45, 7) is 3.66. The van der Waals surface area contributed by atoms with Crippen LogP contribution in [0.2, 0.25) is 0 Å². The molecule has 2 aliphatic heterocycles. The standard InChI is InChI=1S/C26H25N9O/c1-3-15-4-6-29-24-14(2)18(11-31-25(15)24)20-8-16-9-21(30-12-19(16)26(27)32-20)33-22-10-17-5-7-28-23(36)13-35(17)34-22/h1,8-12,15,29H,4-7,13H2,2H3,(H2,27,32)(H,28,36)(H,30,33,34)/t15-/m0/s1. The number of hydrogen-bond acceptors (Lipinski definition) is 8. The molecule has 36 heavy (non-hydrogen) atoms. The zero-order valence-electron chi connectivity index (χ0n) is 19.8. The van der Waals surface area contributed by atoms with E-state index in [0.29, 0.717) is 24.0 Å². The predicted molar refractivity (Wildman–Crippen MR) is 139 cm³/mol. The van der Waals surface area contributed by atoms with E-state index in [1.807, 2.05) is 31.3 Å². The van der Waals surface area contributed by atoms with Crippen LogP contribution in [0.1, 0.15) is 29.3 Å². The van der Waals surface area contributed by atoms with Crippen LogP contribution in [0, 0.1) is 19.3 Å². The van der Waals surface area contributed by atoms with Crippen LogP contribution >= 0.6 is 0 Å². The van der Waals surface area contributed by atoms with Gasteiger partial charge in [0.2, 0.25) is 5.91 Å². The molecule has 5 N–H and O–H groups in total. The Morgan fingerprint density at radius 1 is 1.17 bits per heavy atom. The van der Waals surface area contributed by atoms with Gasteiger partial charge in [0.05, 0.1) is 23.0 Å². The molecule has 2 aliphatic rings. The molecule has 1 atom stereocenters. The number of carbonyl (C=O) groups is 1. The lowest BCUT2D eigenvalue weighted by Gasteiger charge is -2.25. The molecule has 6 rings (SSSR count). The van der Waals surface area contributed by atoms with Gasteiger partial charge in [-0.25, -0.2) is 9.97 Å². The van der Waals surface area contributed by atoms with Gasteiger partial charge in [0, 0.05) is 54.6 Å². The zero-order chi connectivity index (χ0) is 24.8. The number of anilines is 4. The van der Waals surface area contributed by atoms with E-state index in [0.717, 1.165) is 64.1 Å². The van der Waals surface area contributed by atoms with E-state index in [1.165, 1.54) is 0 Å². The van der Waals surface area contributed by atoms with E-state index in [1.54, 1.807) is 10.9 Å². The summed E-state index contributed by atoms with van der Waals surface area (Å²) in [5.74, 6) is 4.47. The lowest BCUT2D eigenvalue weighted by Crippen LogP contribution is -2.25. The Morgan fingerprint density at radius 2 is 2.06 bits per heavy atom. The second-order valence-electron chi connectivity index (χ2n) is 9.08. The Labute approximate surface area is 207 Å². The molecule has 0 fully saturated rings. The van der Waals surface area contributed by atoms with Crippen LogP contribution < -0.4 is 21.7 Å². The van der Waals surface area contributed by atoms with Crippen LogP contribution in [0.5, 0.6) is 0 Å². The van der Waals surface area contributed by atoms with E-state index in [4.69, 9.17) is 12.2 Å². The maximum absolute atomic E-state index is 11.8. The van der Waals surface area contributed by atoms with Crippen LogP contribution in [0.3, 0.4) is 0 Å². The smallest absolute Gasteiger partial charge is 0.241 e. The number of nitrogens with zero attached hydrogens (tertiary/aromatic N) is 5. The van der Waals surface area contributed by atoms with Crippen molar-refractivity contribution in [3.63, 3.8) is 0 Å². The molecule has 0 unspecified atom stereocenters. The fraction of sp³-hybridized carbons (Fsp3) is 0.269. The molecule has 10 heteroatoms. The summed E-state index contributed by atoms with van der Waals surface area (Å²) in [7, 11) is 0. The number of terminal acetylenes is 1. The highest BCUT2D eigenvalue weighted by Crippen LogP contribution is 2.37. The third-order valence-corrected chi connectivity index (χ3v) is 6.77. The van der Waals surface area contributed by atoms with E-state index in [9.17, 15) is 4.79 Å². The highest BCUT2D eigenvalue weighted by molar-refractivity contribution is 5.95. The zero-order valence-corrected chi connectivity index (χ0v) is 19.8. The monoisotopic (exact) mass is 479 g/mol. The van der Waals surface area contributed by atoms with Gasteiger partial charge in [-0.1, -0.05) is 5.92 Å². The second-order valence-corrected chi connectivity index (χ2v) is 9.08. The van der Waals surface area contributed by atoms with Crippen molar-refractivity contribution >= 4 is 39.8 Å². The maximum atomic E-state index is 11.8. The first-order chi connectivity index (χ1) is 17.5. The summed E-state index contributed by atoms with van der Waals surface area (Å²) in [4.78, 5) is 25.7. The maximum Gasteiger partial charge on any atom is 0.241 e. The number of nitrogen functional groups attached to an aromatic ring is 1. The van der Waals surface area contributed by atoms with E-state index in [2.05, 4.69) is 41.9 Å². The minimum absolute atomic E-state index is 0.00993. The topological polar surface area (TPSA) is 136 Å². The molecule has 1 amide bonds. The molecule has 6 heterocycles. The van der Waals surface area contributed by atoms with Crippen LogP contribution in [-0.2, 0) is 17.8 Å². The van der Waals surface area contributed by atoms with Gasteiger partial charge < -0.3 is 21.7 Å². The van der Waals surface area contributed by atoms with Gasteiger partial charge in [-0.3, -0.25) is 14.5 Å². The average molecular weight is 480 g/mol. The summed E-state index contributed by atoms with van der Waals surface area (Å²) in [5, 5.41) is 15.7.